The van der Waals surface area contributed by atoms with Gasteiger partial charge in [-0.15, -0.1) is 0 Å². The van der Waals surface area contributed by atoms with Gasteiger partial charge >= 0.3 is 5.97 Å². The maximum atomic E-state index is 13.2. The molecule has 1 aliphatic rings. The van der Waals surface area contributed by atoms with Gasteiger partial charge in [0.15, 0.2) is 0 Å². The van der Waals surface area contributed by atoms with E-state index < -0.39 is 27.9 Å². The lowest BCUT2D eigenvalue weighted by atomic mass is 10.2. The monoisotopic (exact) mass is 333 g/mol. The fraction of sp³-hybridized carbons (Fsp3) is 0.462. The molecule has 1 unspecified atom stereocenters. The van der Waals surface area contributed by atoms with Crippen LogP contribution < -0.4 is 4.74 Å². The molecule has 2 rings (SSSR count). The zero-order valence-corrected chi connectivity index (χ0v) is 12.7. The highest BCUT2D eigenvalue weighted by Gasteiger charge is 2.36. The summed E-state index contributed by atoms with van der Waals surface area (Å²) in [5, 5.41) is 8.91. The van der Waals surface area contributed by atoms with Gasteiger partial charge in [-0.25, -0.2) is 12.8 Å². The Labute approximate surface area is 127 Å². The van der Waals surface area contributed by atoms with Crippen molar-refractivity contribution in [2.24, 2.45) is 0 Å². The maximum absolute atomic E-state index is 13.2. The lowest BCUT2D eigenvalue weighted by Crippen LogP contribution is -2.49. The van der Waals surface area contributed by atoms with Crippen molar-refractivity contribution in [1.29, 1.82) is 0 Å². The van der Waals surface area contributed by atoms with E-state index in [-0.39, 0.29) is 36.8 Å². The predicted octanol–water partition coefficient (Wildman–Crippen LogP) is 0.699. The van der Waals surface area contributed by atoms with Crippen LogP contribution >= 0.6 is 0 Å². The largest absolute Gasteiger partial charge is 0.495 e. The number of carboxylic acids is 1. The molecular weight excluding hydrogens is 317 g/mol. The summed E-state index contributed by atoms with van der Waals surface area (Å²) in [5.74, 6) is -1.87. The van der Waals surface area contributed by atoms with E-state index in [0.29, 0.717) is 0 Å². The van der Waals surface area contributed by atoms with Gasteiger partial charge in [-0.2, -0.15) is 4.31 Å². The Morgan fingerprint density at radius 2 is 2.27 bits per heavy atom. The molecule has 9 heteroatoms. The fourth-order valence-corrected chi connectivity index (χ4v) is 4.03. The maximum Gasteiger partial charge on any atom is 0.305 e. The summed E-state index contributed by atoms with van der Waals surface area (Å²) in [6.07, 6.45) is -0.372. The van der Waals surface area contributed by atoms with Crippen molar-refractivity contribution in [3.8, 4) is 5.75 Å². The van der Waals surface area contributed by atoms with E-state index in [0.717, 1.165) is 22.5 Å². The third kappa shape index (κ3) is 3.37. The number of aliphatic carboxylic acids is 1. The molecule has 0 spiro atoms. The number of sulfonamides is 1. The van der Waals surface area contributed by atoms with E-state index in [1.807, 2.05) is 0 Å². The average molecular weight is 333 g/mol. The second-order valence-corrected chi connectivity index (χ2v) is 6.60. The van der Waals surface area contributed by atoms with Gasteiger partial charge in [-0.3, -0.25) is 4.79 Å². The molecule has 0 aliphatic carbocycles. The second-order valence-electron chi connectivity index (χ2n) is 4.74. The third-order valence-corrected chi connectivity index (χ3v) is 5.29. The summed E-state index contributed by atoms with van der Waals surface area (Å²) in [7, 11) is -2.78. The van der Waals surface area contributed by atoms with Crippen molar-refractivity contribution in [3.63, 3.8) is 0 Å². The molecule has 0 amide bonds. The second kappa shape index (κ2) is 6.59. The van der Waals surface area contributed by atoms with Crippen molar-refractivity contribution in [2.45, 2.75) is 17.4 Å². The Bertz CT molecular complexity index is 662. The van der Waals surface area contributed by atoms with Crippen LogP contribution in [0.25, 0.3) is 0 Å². The number of carboxylic acid groups (broad SMARTS) is 1. The number of hydrogen-bond donors (Lipinski definition) is 1. The zero-order chi connectivity index (χ0) is 16.3. The summed E-state index contributed by atoms with van der Waals surface area (Å²) >= 11 is 0. The van der Waals surface area contributed by atoms with Gasteiger partial charge in [0.05, 0.1) is 32.8 Å². The van der Waals surface area contributed by atoms with Gasteiger partial charge in [0.25, 0.3) is 0 Å². The Balaban J connectivity index is 2.41. The fourth-order valence-electron chi connectivity index (χ4n) is 2.30. The molecule has 1 aromatic rings. The molecule has 122 valence electrons. The molecule has 1 saturated heterocycles. The lowest BCUT2D eigenvalue weighted by molar-refractivity contribution is -0.139. The van der Waals surface area contributed by atoms with Crippen LogP contribution in [0.4, 0.5) is 4.39 Å². The standard InChI is InChI=1S/C13H16FNO6S/c1-20-11-6-9(14)2-3-12(11)22(18,19)15-4-5-21-8-10(15)7-13(16)17/h2-3,6,10H,4-5,7-8H2,1H3,(H,16,17). The molecule has 1 fully saturated rings. The Kier molecular flexibility index (Phi) is 4.99. The average Bonchev–Trinajstić information content (AvgIpc) is 2.46. The van der Waals surface area contributed by atoms with E-state index in [4.69, 9.17) is 14.6 Å². The van der Waals surface area contributed by atoms with Gasteiger partial charge in [0.2, 0.25) is 10.0 Å². The number of benzene rings is 1. The first-order valence-electron chi connectivity index (χ1n) is 6.51. The number of methoxy groups -OCH3 is 1. The van der Waals surface area contributed by atoms with Crippen molar-refractivity contribution in [1.82, 2.24) is 4.31 Å². The van der Waals surface area contributed by atoms with Crippen molar-refractivity contribution in [3.05, 3.63) is 24.0 Å². The Hall–Kier alpha value is -1.71. The van der Waals surface area contributed by atoms with Gasteiger partial charge < -0.3 is 14.6 Å². The number of rotatable bonds is 5. The van der Waals surface area contributed by atoms with Crippen LogP contribution in [0, 0.1) is 5.82 Å². The summed E-state index contributed by atoms with van der Waals surface area (Å²) < 4.78 is 49.9. The van der Waals surface area contributed by atoms with Gasteiger partial charge in [0.1, 0.15) is 16.5 Å². The molecule has 1 aromatic carbocycles. The Morgan fingerprint density at radius 3 is 2.91 bits per heavy atom. The van der Waals surface area contributed by atoms with Gasteiger partial charge in [-0.05, 0) is 12.1 Å². The number of hydrogen-bond acceptors (Lipinski definition) is 5. The molecular formula is C13H16FNO6S. The first-order chi connectivity index (χ1) is 10.4. The first kappa shape index (κ1) is 16.7. The molecule has 1 heterocycles. The molecule has 1 aliphatic heterocycles. The molecule has 22 heavy (non-hydrogen) atoms. The highest BCUT2D eigenvalue weighted by molar-refractivity contribution is 7.89. The molecule has 0 aromatic heterocycles. The lowest BCUT2D eigenvalue weighted by Gasteiger charge is -2.33. The number of ether oxygens (including phenoxy) is 2. The number of halogens is 1. The minimum Gasteiger partial charge on any atom is -0.495 e. The van der Waals surface area contributed by atoms with Crippen molar-refractivity contribution in [2.75, 3.05) is 26.9 Å². The minimum atomic E-state index is -4.02. The number of morpholine rings is 1. The van der Waals surface area contributed by atoms with Crippen LogP contribution in [0.2, 0.25) is 0 Å². The van der Waals surface area contributed by atoms with Crippen LogP contribution in [-0.4, -0.2) is 56.7 Å². The quantitative estimate of drug-likeness (QED) is 0.852. The highest BCUT2D eigenvalue weighted by atomic mass is 32.2. The first-order valence-corrected chi connectivity index (χ1v) is 7.95. The molecule has 0 bridgehead atoms. The van der Waals surface area contributed by atoms with Crippen LogP contribution in [0.5, 0.6) is 5.75 Å². The van der Waals surface area contributed by atoms with Gasteiger partial charge in [0, 0.05) is 12.6 Å². The van der Waals surface area contributed by atoms with Crippen molar-refractivity contribution < 1.29 is 32.2 Å². The normalized spacial score (nSPS) is 19.8. The molecule has 0 radical (unpaired) electrons. The highest BCUT2D eigenvalue weighted by Crippen LogP contribution is 2.30. The van der Waals surface area contributed by atoms with E-state index in [2.05, 4.69) is 0 Å². The third-order valence-electron chi connectivity index (χ3n) is 3.30. The molecule has 1 atom stereocenters. The molecule has 7 nitrogen and oxygen atoms in total. The van der Waals surface area contributed by atoms with Crippen LogP contribution in [0.1, 0.15) is 6.42 Å². The smallest absolute Gasteiger partial charge is 0.305 e. The molecule has 0 saturated carbocycles. The summed E-state index contributed by atoms with van der Waals surface area (Å²) in [6, 6.07) is 2.28. The van der Waals surface area contributed by atoms with Crippen molar-refractivity contribution >= 4 is 16.0 Å². The summed E-state index contributed by atoms with van der Waals surface area (Å²) in [5.41, 5.74) is 0. The summed E-state index contributed by atoms with van der Waals surface area (Å²) in [4.78, 5) is 10.7. The predicted molar refractivity (Wildman–Crippen MR) is 73.7 cm³/mol. The minimum absolute atomic E-state index is 0.00492. The van der Waals surface area contributed by atoms with Crippen LogP contribution in [0.15, 0.2) is 23.1 Å². The SMILES string of the molecule is COc1cc(F)ccc1S(=O)(=O)N1CCOCC1CC(=O)O. The van der Waals surface area contributed by atoms with Gasteiger partial charge in [-0.1, -0.05) is 0 Å². The van der Waals surface area contributed by atoms with E-state index in [9.17, 15) is 17.6 Å². The number of nitrogens with zero attached hydrogens (tertiary/aromatic N) is 1. The van der Waals surface area contributed by atoms with Crippen LogP contribution in [-0.2, 0) is 19.6 Å². The van der Waals surface area contributed by atoms with E-state index >= 15 is 0 Å². The topological polar surface area (TPSA) is 93.1 Å². The van der Waals surface area contributed by atoms with E-state index in [1.165, 1.54) is 7.11 Å². The Morgan fingerprint density at radius 1 is 1.55 bits per heavy atom. The summed E-state index contributed by atoms with van der Waals surface area (Å²) in [6.45, 7) is 0.189. The number of carbonyl (C=O) groups is 1. The van der Waals surface area contributed by atoms with E-state index in [1.54, 1.807) is 0 Å². The zero-order valence-electron chi connectivity index (χ0n) is 11.9. The van der Waals surface area contributed by atoms with Crippen LogP contribution in [0.3, 0.4) is 0 Å². The molecule has 1 N–H and O–H groups in total.